The monoisotopic (exact) mass is 448 g/mol. The predicted molar refractivity (Wildman–Crippen MR) is 128 cm³/mol. The van der Waals surface area contributed by atoms with Gasteiger partial charge in [0.05, 0.1) is 6.54 Å². The number of carbonyl (C=O) groups excluding carboxylic acids is 1. The van der Waals surface area contributed by atoms with Gasteiger partial charge in [0.2, 0.25) is 5.91 Å². The number of hydrogen-bond donors (Lipinski definition) is 1. The van der Waals surface area contributed by atoms with Crippen molar-refractivity contribution in [1.29, 1.82) is 0 Å². The Kier molecular flexibility index (Phi) is 8.66. The molecule has 0 radical (unpaired) electrons. The van der Waals surface area contributed by atoms with Crippen molar-refractivity contribution in [3.05, 3.63) is 0 Å². The Morgan fingerprint density at radius 1 is 0.844 bits per heavy atom. The van der Waals surface area contributed by atoms with Crippen molar-refractivity contribution < 1.29 is 9.53 Å². The van der Waals surface area contributed by atoms with E-state index in [-0.39, 0.29) is 5.54 Å². The van der Waals surface area contributed by atoms with Crippen LogP contribution in [0.1, 0.15) is 51.4 Å². The largest absolute Gasteiger partial charge is 0.381 e. The normalized spacial score (nSPS) is 26.2. The zero-order valence-corrected chi connectivity index (χ0v) is 20.2. The van der Waals surface area contributed by atoms with Crippen LogP contribution in [0.3, 0.4) is 0 Å². The summed E-state index contributed by atoms with van der Waals surface area (Å²) in [6.07, 6.45) is 9.68. The molecule has 0 bridgehead atoms. The van der Waals surface area contributed by atoms with E-state index in [0.717, 1.165) is 90.7 Å². The molecule has 4 rings (SSSR count). The molecule has 4 saturated heterocycles. The number of likely N-dealkylation sites (tertiary alicyclic amines) is 2. The molecule has 4 heterocycles. The first-order chi connectivity index (χ1) is 15.7. The lowest BCUT2D eigenvalue weighted by molar-refractivity contribution is -0.132. The highest BCUT2D eigenvalue weighted by Crippen LogP contribution is 2.30. The maximum absolute atomic E-state index is 12.7. The highest BCUT2D eigenvalue weighted by Gasteiger charge is 2.40. The Morgan fingerprint density at radius 2 is 1.47 bits per heavy atom. The molecule has 8 heteroatoms. The first-order valence-corrected chi connectivity index (χ1v) is 13.0. The minimum Gasteiger partial charge on any atom is -0.381 e. The number of piperazine rings is 1. The van der Waals surface area contributed by atoms with Crippen molar-refractivity contribution in [3.8, 4) is 0 Å². The lowest BCUT2D eigenvalue weighted by Gasteiger charge is -2.45. The van der Waals surface area contributed by atoms with Crippen LogP contribution in [0.4, 0.5) is 0 Å². The minimum atomic E-state index is 0.200. The fourth-order valence-electron chi connectivity index (χ4n) is 5.85. The van der Waals surface area contributed by atoms with Crippen molar-refractivity contribution in [2.75, 3.05) is 85.7 Å². The third kappa shape index (κ3) is 5.94. The van der Waals surface area contributed by atoms with E-state index in [1.54, 1.807) is 0 Å². The van der Waals surface area contributed by atoms with E-state index < -0.39 is 0 Å². The van der Waals surface area contributed by atoms with Gasteiger partial charge >= 0.3 is 0 Å². The molecule has 0 saturated carbocycles. The van der Waals surface area contributed by atoms with Crippen LogP contribution < -0.4 is 5.32 Å². The van der Waals surface area contributed by atoms with Crippen LogP contribution >= 0.6 is 0 Å². The van der Waals surface area contributed by atoms with Crippen LogP contribution in [-0.2, 0) is 9.53 Å². The molecule has 1 N–H and O–H groups in total. The van der Waals surface area contributed by atoms with Gasteiger partial charge in [-0.2, -0.15) is 0 Å². The third-order valence-corrected chi connectivity index (χ3v) is 7.98. The maximum atomic E-state index is 12.7. The number of nitrogens with one attached hydrogen (secondary N) is 1. The number of amides is 1. The molecule has 0 aromatic heterocycles. The average molecular weight is 449 g/mol. The molecule has 8 nitrogen and oxygen atoms in total. The first-order valence-electron chi connectivity index (χ1n) is 13.0. The predicted octanol–water partition coefficient (Wildman–Crippen LogP) is 1.23. The summed E-state index contributed by atoms with van der Waals surface area (Å²) in [6, 6.07) is 0. The maximum Gasteiger partial charge on any atom is 0.236 e. The Morgan fingerprint density at radius 3 is 2.09 bits per heavy atom. The summed E-state index contributed by atoms with van der Waals surface area (Å²) in [5.41, 5.74) is 0.200. The third-order valence-electron chi connectivity index (χ3n) is 7.98. The van der Waals surface area contributed by atoms with E-state index in [4.69, 9.17) is 4.74 Å². The second-order valence-electron chi connectivity index (χ2n) is 9.99. The molecule has 1 amide bonds. The molecule has 4 fully saturated rings. The number of rotatable bonds is 5. The molecule has 0 aliphatic carbocycles. The summed E-state index contributed by atoms with van der Waals surface area (Å²) in [5.74, 6) is 1.32. The highest BCUT2D eigenvalue weighted by molar-refractivity contribution is 5.80. The molecule has 0 unspecified atom stereocenters. The molecule has 32 heavy (non-hydrogen) atoms. The average Bonchev–Trinajstić information content (AvgIpc) is 3.24. The number of guanidine groups is 1. The Bertz CT molecular complexity index is 614. The van der Waals surface area contributed by atoms with Crippen molar-refractivity contribution in [2.24, 2.45) is 4.99 Å². The number of nitrogens with zero attached hydrogens (tertiary/aromatic N) is 5. The van der Waals surface area contributed by atoms with Crippen molar-refractivity contribution >= 4 is 11.9 Å². The van der Waals surface area contributed by atoms with Gasteiger partial charge < -0.3 is 19.9 Å². The van der Waals surface area contributed by atoms with E-state index in [9.17, 15) is 4.79 Å². The van der Waals surface area contributed by atoms with E-state index in [1.165, 1.54) is 38.8 Å². The van der Waals surface area contributed by atoms with Crippen LogP contribution in [0.5, 0.6) is 0 Å². The lowest BCUT2D eigenvalue weighted by atomic mass is 9.88. The summed E-state index contributed by atoms with van der Waals surface area (Å²) < 4.78 is 5.70. The zero-order chi connectivity index (χ0) is 22.2. The highest BCUT2D eigenvalue weighted by atomic mass is 16.5. The summed E-state index contributed by atoms with van der Waals surface area (Å²) in [7, 11) is 1.89. The number of aliphatic imine (C=N–C) groups is 1. The topological polar surface area (TPSA) is 63.7 Å². The summed E-state index contributed by atoms with van der Waals surface area (Å²) in [5, 5.41) is 3.73. The van der Waals surface area contributed by atoms with Crippen molar-refractivity contribution in [3.63, 3.8) is 0 Å². The van der Waals surface area contributed by atoms with Gasteiger partial charge in [-0.05, 0) is 51.6 Å². The van der Waals surface area contributed by atoms with Crippen LogP contribution in [0.2, 0.25) is 0 Å². The molecule has 0 spiro atoms. The summed E-state index contributed by atoms with van der Waals surface area (Å²) in [6.45, 7) is 11.2. The molecule has 182 valence electrons. The lowest BCUT2D eigenvalue weighted by Crippen LogP contribution is -2.60. The fourth-order valence-corrected chi connectivity index (χ4v) is 5.85. The van der Waals surface area contributed by atoms with Crippen LogP contribution in [0.25, 0.3) is 0 Å². The van der Waals surface area contributed by atoms with Gasteiger partial charge in [-0.1, -0.05) is 12.8 Å². The van der Waals surface area contributed by atoms with E-state index in [2.05, 4.69) is 29.9 Å². The van der Waals surface area contributed by atoms with Crippen molar-refractivity contribution in [1.82, 2.24) is 24.9 Å². The van der Waals surface area contributed by atoms with Crippen LogP contribution in [-0.4, -0.2) is 123 Å². The number of hydrogen-bond acceptors (Lipinski definition) is 5. The molecule has 0 aromatic rings. The van der Waals surface area contributed by atoms with E-state index >= 15 is 0 Å². The zero-order valence-electron chi connectivity index (χ0n) is 20.2. The SMILES string of the molecule is CN=C(NCC1(N2CCCC2)CCOCC1)N1CCN(CC(=O)N2CCCCCC2)CC1. The van der Waals surface area contributed by atoms with Gasteiger partial charge in [0, 0.05) is 71.6 Å². The second kappa shape index (κ2) is 11.7. The van der Waals surface area contributed by atoms with Crippen LogP contribution in [0.15, 0.2) is 4.99 Å². The van der Waals surface area contributed by atoms with Gasteiger partial charge in [-0.15, -0.1) is 0 Å². The molecule has 0 atom stereocenters. The molecule has 0 aromatic carbocycles. The Labute approximate surface area is 194 Å². The Hall–Kier alpha value is -1.38. The summed E-state index contributed by atoms with van der Waals surface area (Å²) >= 11 is 0. The van der Waals surface area contributed by atoms with Gasteiger partial charge in [0.1, 0.15) is 0 Å². The number of ether oxygens (including phenoxy) is 1. The molecule has 4 aliphatic rings. The summed E-state index contributed by atoms with van der Waals surface area (Å²) in [4.78, 5) is 26.8. The molecular formula is C24H44N6O2. The van der Waals surface area contributed by atoms with E-state index in [1.807, 2.05) is 7.05 Å². The Balaban J connectivity index is 1.25. The quantitative estimate of drug-likeness (QED) is 0.504. The first kappa shape index (κ1) is 23.8. The fraction of sp³-hybridized carbons (Fsp3) is 0.917. The van der Waals surface area contributed by atoms with Crippen molar-refractivity contribution in [2.45, 2.75) is 56.9 Å². The van der Waals surface area contributed by atoms with Gasteiger partial charge in [-0.25, -0.2) is 0 Å². The van der Waals surface area contributed by atoms with Gasteiger partial charge in [0.25, 0.3) is 0 Å². The van der Waals surface area contributed by atoms with Crippen LogP contribution in [0, 0.1) is 0 Å². The standard InChI is InChI=1S/C24H44N6O2/c1-25-23(26-21-24(8-18-32-19-9-24)30-12-6-7-13-30)29-16-14-27(15-17-29)20-22(31)28-10-4-2-3-5-11-28/h2-21H2,1H3,(H,25,26). The smallest absolute Gasteiger partial charge is 0.236 e. The number of carbonyl (C=O) groups is 1. The molecule has 4 aliphatic heterocycles. The second-order valence-corrected chi connectivity index (χ2v) is 9.99. The minimum absolute atomic E-state index is 0.200. The molecular weight excluding hydrogens is 404 g/mol. The van der Waals surface area contributed by atoms with Gasteiger partial charge in [-0.3, -0.25) is 19.6 Å². The van der Waals surface area contributed by atoms with E-state index in [0.29, 0.717) is 12.5 Å². The van der Waals surface area contributed by atoms with Gasteiger partial charge in [0.15, 0.2) is 5.96 Å².